The van der Waals surface area contributed by atoms with Gasteiger partial charge in [-0.25, -0.2) is 8.42 Å². The van der Waals surface area contributed by atoms with E-state index in [1.807, 2.05) is 20.0 Å². The molecular weight excluding hydrogens is 535 g/mol. The van der Waals surface area contributed by atoms with Crippen molar-refractivity contribution >= 4 is 61.5 Å². The summed E-state index contributed by atoms with van der Waals surface area (Å²) < 4.78 is 28.1. The predicted molar refractivity (Wildman–Crippen MR) is 130 cm³/mol. The fraction of sp³-hybridized carbons (Fsp3) is 0.300. The Morgan fingerprint density at radius 3 is 2.30 bits per heavy atom. The van der Waals surface area contributed by atoms with E-state index in [2.05, 4.69) is 38.1 Å². The summed E-state index contributed by atoms with van der Waals surface area (Å²) in [5.74, 6) is -0.306. The molecule has 1 heterocycles. The van der Waals surface area contributed by atoms with E-state index in [1.54, 1.807) is 36.4 Å². The van der Waals surface area contributed by atoms with Crippen molar-refractivity contribution in [3.63, 3.8) is 0 Å². The molecule has 0 aliphatic carbocycles. The second-order valence-corrected chi connectivity index (χ2v) is 10.6. The van der Waals surface area contributed by atoms with Gasteiger partial charge < -0.3 is 10.2 Å². The van der Waals surface area contributed by atoms with Crippen LogP contribution in [0.2, 0.25) is 0 Å². The molecule has 1 aliphatic heterocycles. The van der Waals surface area contributed by atoms with Crippen LogP contribution in [0.5, 0.6) is 0 Å². The second kappa shape index (κ2) is 9.69. The van der Waals surface area contributed by atoms with Gasteiger partial charge in [-0.15, -0.1) is 0 Å². The van der Waals surface area contributed by atoms with Crippen molar-refractivity contribution < 1.29 is 13.2 Å². The Morgan fingerprint density at radius 2 is 1.70 bits per heavy atom. The van der Waals surface area contributed by atoms with Gasteiger partial charge in [-0.05, 0) is 90.7 Å². The molecule has 30 heavy (non-hydrogen) atoms. The van der Waals surface area contributed by atoms with Gasteiger partial charge in [0.05, 0.1) is 4.90 Å². The number of aryl methyl sites for hydroxylation is 1. The number of halogens is 1. The number of amides is 1. The summed E-state index contributed by atoms with van der Waals surface area (Å²) in [6.45, 7) is 4.36. The topological polar surface area (TPSA) is 81.8 Å². The number of carbonyl (C=O) groups excluding carboxylic acids is 1. The number of piperazine rings is 1. The molecule has 0 atom stereocenters. The lowest BCUT2D eigenvalue weighted by molar-refractivity contribution is 0.0977. The zero-order valence-electron chi connectivity index (χ0n) is 16.7. The van der Waals surface area contributed by atoms with E-state index in [0.29, 0.717) is 37.4 Å². The molecule has 2 N–H and O–H groups in total. The number of rotatable bonds is 4. The molecular formula is C20H23IN4O3S2. The molecule has 0 unspecified atom stereocenters. The van der Waals surface area contributed by atoms with Crippen LogP contribution in [-0.2, 0) is 10.0 Å². The van der Waals surface area contributed by atoms with E-state index in [1.165, 1.54) is 4.31 Å². The van der Waals surface area contributed by atoms with Crippen molar-refractivity contribution in [2.75, 3.05) is 38.5 Å². The molecule has 1 saturated heterocycles. The van der Waals surface area contributed by atoms with Gasteiger partial charge in [-0.1, -0.05) is 6.07 Å². The van der Waals surface area contributed by atoms with Gasteiger partial charge in [0.25, 0.3) is 5.91 Å². The molecule has 1 amide bonds. The van der Waals surface area contributed by atoms with Crippen molar-refractivity contribution in [1.82, 2.24) is 14.5 Å². The van der Waals surface area contributed by atoms with Gasteiger partial charge >= 0.3 is 0 Å². The Balaban J connectivity index is 1.61. The minimum Gasteiger partial charge on any atom is -0.332 e. The molecule has 3 rings (SSSR count). The SMILES string of the molecule is Cc1ccc(C(=O)NC(=S)Nc2ccc(S(=O)(=O)N3CCN(C)CC3)cc2)cc1I. The Labute approximate surface area is 196 Å². The molecule has 0 spiro atoms. The molecule has 0 saturated carbocycles. The molecule has 160 valence electrons. The molecule has 0 aromatic heterocycles. The van der Waals surface area contributed by atoms with Crippen LogP contribution in [0.25, 0.3) is 0 Å². The third-order valence-corrected chi connectivity index (χ3v) is 8.15. The minimum absolute atomic E-state index is 0.144. The molecule has 2 aromatic carbocycles. The highest BCUT2D eigenvalue weighted by atomic mass is 127. The highest BCUT2D eigenvalue weighted by molar-refractivity contribution is 14.1. The first-order chi connectivity index (χ1) is 14.2. The summed E-state index contributed by atoms with van der Waals surface area (Å²) >= 11 is 7.39. The van der Waals surface area contributed by atoms with Crippen LogP contribution >= 0.6 is 34.8 Å². The predicted octanol–water partition coefficient (Wildman–Crippen LogP) is 2.66. The lowest BCUT2D eigenvalue weighted by atomic mass is 10.1. The van der Waals surface area contributed by atoms with E-state index in [0.717, 1.165) is 9.13 Å². The van der Waals surface area contributed by atoms with Crippen LogP contribution in [0.1, 0.15) is 15.9 Å². The summed E-state index contributed by atoms with van der Waals surface area (Å²) in [4.78, 5) is 14.7. The van der Waals surface area contributed by atoms with E-state index < -0.39 is 10.0 Å². The highest BCUT2D eigenvalue weighted by Gasteiger charge is 2.27. The number of nitrogens with one attached hydrogen (secondary N) is 2. The Morgan fingerprint density at radius 1 is 1.07 bits per heavy atom. The molecule has 0 bridgehead atoms. The van der Waals surface area contributed by atoms with Crippen molar-refractivity contribution in [3.05, 3.63) is 57.2 Å². The summed E-state index contributed by atoms with van der Waals surface area (Å²) in [5.41, 5.74) is 2.21. The lowest BCUT2D eigenvalue weighted by Crippen LogP contribution is -2.46. The average molecular weight is 558 g/mol. The highest BCUT2D eigenvalue weighted by Crippen LogP contribution is 2.20. The zero-order chi connectivity index (χ0) is 21.9. The largest absolute Gasteiger partial charge is 0.332 e. The number of sulfonamides is 1. The van der Waals surface area contributed by atoms with Crippen LogP contribution in [0.15, 0.2) is 47.4 Å². The smallest absolute Gasteiger partial charge is 0.257 e. The Bertz CT molecular complexity index is 1050. The maximum Gasteiger partial charge on any atom is 0.257 e. The van der Waals surface area contributed by atoms with Gasteiger partial charge in [0.15, 0.2) is 5.11 Å². The van der Waals surface area contributed by atoms with E-state index in [-0.39, 0.29) is 15.9 Å². The quantitative estimate of drug-likeness (QED) is 0.444. The van der Waals surface area contributed by atoms with Gasteiger partial charge in [-0.2, -0.15) is 4.31 Å². The number of carbonyl (C=O) groups is 1. The molecule has 0 radical (unpaired) electrons. The minimum atomic E-state index is -3.52. The third-order valence-electron chi connectivity index (χ3n) is 4.87. The molecule has 7 nitrogen and oxygen atoms in total. The van der Waals surface area contributed by atoms with Gasteiger partial charge in [0.2, 0.25) is 10.0 Å². The van der Waals surface area contributed by atoms with Crippen LogP contribution in [0.4, 0.5) is 5.69 Å². The summed E-state index contributed by atoms with van der Waals surface area (Å²) in [6.07, 6.45) is 0. The monoisotopic (exact) mass is 558 g/mol. The maximum absolute atomic E-state index is 12.8. The molecule has 1 fully saturated rings. The number of anilines is 1. The summed E-state index contributed by atoms with van der Waals surface area (Å²) in [5, 5.41) is 5.70. The number of nitrogens with zero attached hydrogens (tertiary/aromatic N) is 2. The van der Waals surface area contributed by atoms with Crippen LogP contribution in [-0.4, -0.2) is 61.9 Å². The van der Waals surface area contributed by atoms with Gasteiger partial charge in [0.1, 0.15) is 0 Å². The zero-order valence-corrected chi connectivity index (χ0v) is 20.5. The Kier molecular flexibility index (Phi) is 7.45. The fourth-order valence-electron chi connectivity index (χ4n) is 2.96. The van der Waals surface area contributed by atoms with Crippen LogP contribution in [0, 0.1) is 10.5 Å². The van der Waals surface area contributed by atoms with E-state index in [4.69, 9.17) is 12.2 Å². The van der Waals surface area contributed by atoms with Crippen molar-refractivity contribution in [1.29, 1.82) is 0 Å². The third kappa shape index (κ3) is 5.55. The normalized spacial score (nSPS) is 15.6. The second-order valence-electron chi connectivity index (χ2n) is 7.10. The summed E-state index contributed by atoms with van der Waals surface area (Å²) in [6, 6.07) is 11.8. The summed E-state index contributed by atoms with van der Waals surface area (Å²) in [7, 11) is -1.54. The first-order valence-corrected chi connectivity index (χ1v) is 12.3. The average Bonchev–Trinajstić information content (AvgIpc) is 2.70. The first kappa shape index (κ1) is 23.1. The van der Waals surface area contributed by atoms with Gasteiger partial charge in [0, 0.05) is 41.0 Å². The number of likely N-dealkylation sites (N-methyl/N-ethyl adjacent to an activating group) is 1. The molecule has 2 aromatic rings. The maximum atomic E-state index is 12.8. The number of hydrogen-bond donors (Lipinski definition) is 2. The van der Waals surface area contributed by atoms with Crippen molar-refractivity contribution in [2.45, 2.75) is 11.8 Å². The number of benzene rings is 2. The van der Waals surface area contributed by atoms with Gasteiger partial charge in [-0.3, -0.25) is 10.1 Å². The van der Waals surface area contributed by atoms with Crippen LogP contribution in [0.3, 0.4) is 0 Å². The lowest BCUT2D eigenvalue weighted by Gasteiger charge is -2.31. The van der Waals surface area contributed by atoms with Crippen LogP contribution < -0.4 is 10.6 Å². The Hall–Kier alpha value is -1.60. The number of hydrogen-bond acceptors (Lipinski definition) is 5. The van der Waals surface area contributed by atoms with E-state index in [9.17, 15) is 13.2 Å². The first-order valence-electron chi connectivity index (χ1n) is 9.34. The number of thiocarbonyl (C=S) groups is 1. The standard InChI is InChI=1S/C20H23IN4O3S2/c1-14-3-4-15(13-18(14)21)19(26)23-20(29)22-16-5-7-17(8-6-16)30(27,28)25-11-9-24(2)10-12-25/h3-8,13H,9-12H2,1-2H3,(H2,22,23,26,29). The van der Waals surface area contributed by atoms with Crippen molar-refractivity contribution in [2.24, 2.45) is 0 Å². The van der Waals surface area contributed by atoms with E-state index >= 15 is 0 Å². The molecule has 1 aliphatic rings. The molecule has 10 heteroatoms. The van der Waals surface area contributed by atoms with Crippen molar-refractivity contribution in [3.8, 4) is 0 Å². The fourth-order valence-corrected chi connectivity index (χ4v) is 5.11.